The molecule has 2 aromatic rings. The molecule has 1 heterocycles. The maximum atomic E-state index is 12.7. The molecule has 0 saturated carbocycles. The largest absolute Gasteiger partial charge is 0.388 e. The van der Waals surface area contributed by atoms with Gasteiger partial charge in [0.15, 0.2) is 5.82 Å². The van der Waals surface area contributed by atoms with E-state index in [1.165, 1.54) is 12.1 Å². The summed E-state index contributed by atoms with van der Waals surface area (Å²) < 4.78 is 17.6. The number of rotatable bonds is 2. The minimum absolute atomic E-state index is 0.157. The fourth-order valence-corrected chi connectivity index (χ4v) is 1.34. The van der Waals surface area contributed by atoms with Crippen molar-refractivity contribution >= 4 is 11.6 Å². The van der Waals surface area contributed by atoms with E-state index in [-0.39, 0.29) is 23.3 Å². The number of aromatic nitrogens is 2. The molecule has 0 radical (unpaired) electrons. The highest BCUT2D eigenvalue weighted by Gasteiger charge is 2.12. The van der Waals surface area contributed by atoms with Crippen LogP contribution in [0.3, 0.4) is 0 Å². The Kier molecular flexibility index (Phi) is 2.66. The predicted octanol–water partition coefficient (Wildman–Crippen LogP) is 2.02. The quantitative estimate of drug-likeness (QED) is 0.854. The SMILES string of the molecule is OCc1noc(-c2ccc(F)cc2Cl)n1. The number of hydrogen-bond acceptors (Lipinski definition) is 4. The standard InChI is InChI=1S/C9H6ClFN2O2/c10-7-3-5(11)1-2-6(7)9-12-8(4-14)13-15-9/h1-3,14H,4H2. The highest BCUT2D eigenvalue weighted by molar-refractivity contribution is 6.33. The molecular weight excluding hydrogens is 223 g/mol. The summed E-state index contributed by atoms with van der Waals surface area (Å²) in [4.78, 5) is 3.85. The van der Waals surface area contributed by atoms with Gasteiger partial charge in [0.05, 0.1) is 10.6 Å². The Hall–Kier alpha value is -1.46. The topological polar surface area (TPSA) is 59.2 Å². The highest BCUT2D eigenvalue weighted by Crippen LogP contribution is 2.26. The van der Waals surface area contributed by atoms with Gasteiger partial charge in [0.1, 0.15) is 12.4 Å². The number of halogens is 2. The third kappa shape index (κ3) is 1.98. The molecule has 0 aliphatic carbocycles. The van der Waals surface area contributed by atoms with Gasteiger partial charge in [0.25, 0.3) is 5.89 Å². The van der Waals surface area contributed by atoms with Crippen LogP contribution in [0.5, 0.6) is 0 Å². The summed E-state index contributed by atoms with van der Waals surface area (Å²) in [5.41, 5.74) is 0.435. The monoisotopic (exact) mass is 228 g/mol. The van der Waals surface area contributed by atoms with E-state index < -0.39 is 5.82 Å². The van der Waals surface area contributed by atoms with Crippen LogP contribution in [-0.4, -0.2) is 15.2 Å². The molecule has 0 fully saturated rings. The molecule has 4 nitrogen and oxygen atoms in total. The normalized spacial score (nSPS) is 10.6. The summed E-state index contributed by atoms with van der Waals surface area (Å²) >= 11 is 5.79. The molecule has 0 saturated heterocycles. The van der Waals surface area contributed by atoms with Crippen LogP contribution in [0.4, 0.5) is 4.39 Å². The summed E-state index contributed by atoms with van der Waals surface area (Å²) in [6, 6.07) is 3.83. The summed E-state index contributed by atoms with van der Waals surface area (Å²) in [6.45, 7) is -0.317. The van der Waals surface area contributed by atoms with Crippen LogP contribution in [0.1, 0.15) is 5.82 Å². The fourth-order valence-electron chi connectivity index (χ4n) is 1.09. The molecule has 1 N–H and O–H groups in total. The maximum absolute atomic E-state index is 12.7. The Bertz CT molecular complexity index is 487. The Morgan fingerprint density at radius 3 is 2.87 bits per heavy atom. The van der Waals surface area contributed by atoms with E-state index in [1.54, 1.807) is 0 Å². The Balaban J connectivity index is 2.44. The van der Waals surface area contributed by atoms with Gasteiger partial charge in [-0.05, 0) is 18.2 Å². The van der Waals surface area contributed by atoms with Crippen molar-refractivity contribution in [2.24, 2.45) is 0 Å². The van der Waals surface area contributed by atoms with Crippen LogP contribution >= 0.6 is 11.6 Å². The third-order valence-electron chi connectivity index (χ3n) is 1.77. The van der Waals surface area contributed by atoms with Crippen LogP contribution < -0.4 is 0 Å². The smallest absolute Gasteiger partial charge is 0.259 e. The zero-order chi connectivity index (χ0) is 10.8. The Morgan fingerprint density at radius 1 is 1.47 bits per heavy atom. The van der Waals surface area contributed by atoms with Crippen LogP contribution in [0, 0.1) is 5.82 Å². The first-order chi connectivity index (χ1) is 7.20. The van der Waals surface area contributed by atoms with Crippen molar-refractivity contribution in [2.45, 2.75) is 6.61 Å². The molecule has 0 aliphatic rings. The van der Waals surface area contributed by atoms with E-state index >= 15 is 0 Å². The summed E-state index contributed by atoms with van der Waals surface area (Å²) in [7, 11) is 0. The number of nitrogens with zero attached hydrogens (tertiary/aromatic N) is 2. The van der Waals surface area contributed by atoms with Gasteiger partial charge >= 0.3 is 0 Å². The zero-order valence-corrected chi connectivity index (χ0v) is 8.20. The molecule has 2 rings (SSSR count). The summed E-state index contributed by atoms with van der Waals surface area (Å²) in [5.74, 6) is -0.125. The molecule has 0 amide bonds. The molecule has 0 unspecified atom stereocenters. The van der Waals surface area contributed by atoms with Crippen LogP contribution in [0.25, 0.3) is 11.5 Å². The minimum Gasteiger partial charge on any atom is -0.388 e. The molecular formula is C9H6ClFN2O2. The average molecular weight is 229 g/mol. The molecule has 0 bridgehead atoms. The van der Waals surface area contributed by atoms with Crippen molar-refractivity contribution < 1.29 is 14.0 Å². The first kappa shape index (κ1) is 10.1. The van der Waals surface area contributed by atoms with Gasteiger partial charge in [-0.1, -0.05) is 16.8 Å². The van der Waals surface area contributed by atoms with Crippen molar-refractivity contribution in [1.29, 1.82) is 0 Å². The summed E-state index contributed by atoms with van der Waals surface area (Å²) in [5, 5.41) is 12.4. The van der Waals surface area contributed by atoms with Gasteiger partial charge in [-0.15, -0.1) is 0 Å². The Morgan fingerprint density at radius 2 is 2.27 bits per heavy atom. The van der Waals surface area contributed by atoms with Gasteiger partial charge in [-0.25, -0.2) is 4.39 Å². The molecule has 1 aromatic carbocycles. The maximum Gasteiger partial charge on any atom is 0.259 e. The second-order valence-corrected chi connectivity index (χ2v) is 3.21. The third-order valence-corrected chi connectivity index (χ3v) is 2.08. The fraction of sp³-hybridized carbons (Fsp3) is 0.111. The Labute approximate surface area is 89.3 Å². The van der Waals surface area contributed by atoms with E-state index in [2.05, 4.69) is 10.1 Å². The zero-order valence-electron chi connectivity index (χ0n) is 7.44. The lowest BCUT2D eigenvalue weighted by molar-refractivity contribution is 0.264. The summed E-state index contributed by atoms with van der Waals surface area (Å²) in [6.07, 6.45) is 0. The van der Waals surface area contributed by atoms with Crippen LogP contribution in [0.15, 0.2) is 22.7 Å². The number of aliphatic hydroxyl groups excluding tert-OH is 1. The molecule has 0 atom stereocenters. The minimum atomic E-state index is -0.439. The van der Waals surface area contributed by atoms with Gasteiger partial charge < -0.3 is 9.63 Å². The molecule has 0 aliphatic heterocycles. The number of aliphatic hydroxyl groups is 1. The first-order valence-corrected chi connectivity index (χ1v) is 4.47. The average Bonchev–Trinajstić information content (AvgIpc) is 2.66. The van der Waals surface area contributed by atoms with Crippen molar-refractivity contribution in [3.8, 4) is 11.5 Å². The lowest BCUT2D eigenvalue weighted by Gasteiger charge is -1.97. The van der Waals surface area contributed by atoms with Crippen molar-refractivity contribution in [3.05, 3.63) is 34.9 Å². The lowest BCUT2D eigenvalue weighted by atomic mass is 10.2. The van der Waals surface area contributed by atoms with Crippen molar-refractivity contribution in [3.63, 3.8) is 0 Å². The molecule has 0 spiro atoms. The van der Waals surface area contributed by atoms with Gasteiger partial charge in [0.2, 0.25) is 0 Å². The van der Waals surface area contributed by atoms with E-state index in [4.69, 9.17) is 21.2 Å². The molecule has 15 heavy (non-hydrogen) atoms. The van der Waals surface area contributed by atoms with Gasteiger partial charge in [-0.2, -0.15) is 4.98 Å². The van der Waals surface area contributed by atoms with Crippen molar-refractivity contribution in [2.75, 3.05) is 0 Å². The van der Waals surface area contributed by atoms with E-state index in [0.717, 1.165) is 6.07 Å². The predicted molar refractivity (Wildman–Crippen MR) is 50.6 cm³/mol. The molecule has 1 aromatic heterocycles. The molecule has 6 heteroatoms. The van der Waals surface area contributed by atoms with E-state index in [0.29, 0.717) is 5.56 Å². The molecule has 78 valence electrons. The lowest BCUT2D eigenvalue weighted by Crippen LogP contribution is -1.85. The second kappa shape index (κ2) is 3.96. The number of benzene rings is 1. The second-order valence-electron chi connectivity index (χ2n) is 2.80. The number of hydrogen-bond donors (Lipinski definition) is 1. The van der Waals surface area contributed by atoms with E-state index in [1.807, 2.05) is 0 Å². The van der Waals surface area contributed by atoms with Gasteiger partial charge in [-0.3, -0.25) is 0 Å². The van der Waals surface area contributed by atoms with Crippen molar-refractivity contribution in [1.82, 2.24) is 10.1 Å². The van der Waals surface area contributed by atoms with Crippen LogP contribution in [0.2, 0.25) is 5.02 Å². The van der Waals surface area contributed by atoms with Crippen LogP contribution in [-0.2, 0) is 6.61 Å². The first-order valence-electron chi connectivity index (χ1n) is 4.09. The van der Waals surface area contributed by atoms with E-state index in [9.17, 15) is 4.39 Å². The highest BCUT2D eigenvalue weighted by atomic mass is 35.5. The van der Waals surface area contributed by atoms with Gasteiger partial charge in [0, 0.05) is 0 Å².